The van der Waals surface area contributed by atoms with E-state index in [1.807, 2.05) is 0 Å². The first-order valence-electron chi connectivity index (χ1n) is 7.62. The van der Waals surface area contributed by atoms with Gasteiger partial charge in [-0.1, -0.05) is 0 Å². The fraction of sp³-hybridized carbons (Fsp3) is 0.222. The number of carbonyl (C=O) groups excluding carboxylic acids is 2. The van der Waals surface area contributed by atoms with Gasteiger partial charge in [0.25, 0.3) is 5.91 Å². The molecule has 26 heavy (non-hydrogen) atoms. The number of amides is 1. The minimum Gasteiger partial charge on any atom is -0.493 e. The van der Waals surface area contributed by atoms with E-state index in [2.05, 4.69) is 5.32 Å². The van der Waals surface area contributed by atoms with E-state index in [-0.39, 0.29) is 18.0 Å². The molecule has 0 atom stereocenters. The van der Waals surface area contributed by atoms with E-state index in [1.54, 1.807) is 18.2 Å². The van der Waals surface area contributed by atoms with Gasteiger partial charge in [0.05, 0.1) is 32.6 Å². The van der Waals surface area contributed by atoms with Crippen molar-refractivity contribution in [2.45, 2.75) is 0 Å². The second-order valence-electron chi connectivity index (χ2n) is 5.27. The van der Waals surface area contributed by atoms with Gasteiger partial charge in [0.15, 0.2) is 23.0 Å². The quantitative estimate of drug-likeness (QED) is 0.820. The molecule has 0 radical (unpaired) electrons. The lowest BCUT2D eigenvalue weighted by Crippen LogP contribution is -2.16. The van der Waals surface area contributed by atoms with Crippen LogP contribution in [0.25, 0.3) is 0 Å². The van der Waals surface area contributed by atoms with Crippen molar-refractivity contribution >= 4 is 17.6 Å². The lowest BCUT2D eigenvalue weighted by molar-refractivity contribution is 0.0601. The summed E-state index contributed by atoms with van der Waals surface area (Å²) in [4.78, 5) is 24.7. The van der Waals surface area contributed by atoms with Crippen LogP contribution in [0.2, 0.25) is 0 Å². The Labute approximate surface area is 149 Å². The van der Waals surface area contributed by atoms with E-state index in [4.69, 9.17) is 23.7 Å². The Morgan fingerprint density at radius 1 is 0.962 bits per heavy atom. The number of hydrogen-bond acceptors (Lipinski definition) is 7. The average molecular weight is 359 g/mol. The number of rotatable bonds is 5. The highest BCUT2D eigenvalue weighted by atomic mass is 16.7. The van der Waals surface area contributed by atoms with Crippen molar-refractivity contribution in [2.24, 2.45) is 0 Å². The minimum atomic E-state index is -0.619. The molecule has 1 amide bonds. The Bertz CT molecular complexity index is 863. The molecule has 8 nitrogen and oxygen atoms in total. The summed E-state index contributed by atoms with van der Waals surface area (Å²) in [6.45, 7) is 0.114. The second kappa shape index (κ2) is 7.22. The zero-order valence-electron chi connectivity index (χ0n) is 14.5. The van der Waals surface area contributed by atoms with E-state index in [9.17, 15) is 9.59 Å². The monoisotopic (exact) mass is 359 g/mol. The third-order valence-electron chi connectivity index (χ3n) is 3.81. The van der Waals surface area contributed by atoms with Crippen molar-refractivity contribution in [3.05, 3.63) is 41.5 Å². The van der Waals surface area contributed by atoms with Crippen LogP contribution in [0.3, 0.4) is 0 Å². The number of carbonyl (C=O) groups is 2. The molecule has 2 aromatic carbocycles. The minimum absolute atomic E-state index is 0.114. The molecule has 0 aromatic heterocycles. The molecule has 0 spiro atoms. The fourth-order valence-electron chi connectivity index (χ4n) is 2.49. The van der Waals surface area contributed by atoms with Crippen LogP contribution in [0.5, 0.6) is 23.0 Å². The highest BCUT2D eigenvalue weighted by Crippen LogP contribution is 2.35. The molecule has 1 aliphatic rings. The molecule has 0 aliphatic carbocycles. The number of benzene rings is 2. The first-order chi connectivity index (χ1) is 12.6. The zero-order valence-corrected chi connectivity index (χ0v) is 14.5. The standard InChI is InChI=1S/C18H17NO7/c1-22-14-7-11(18(21)24-3)12(8-15(14)23-2)19-17(20)10-4-5-13-16(6-10)26-9-25-13/h4-8H,9H2,1-3H3,(H,19,20). The van der Waals surface area contributed by atoms with Gasteiger partial charge >= 0.3 is 5.97 Å². The van der Waals surface area contributed by atoms with Crippen LogP contribution in [0.15, 0.2) is 30.3 Å². The highest BCUT2D eigenvalue weighted by molar-refractivity contribution is 6.08. The predicted octanol–water partition coefficient (Wildman–Crippen LogP) is 2.47. The topological polar surface area (TPSA) is 92.3 Å². The normalized spacial score (nSPS) is 11.7. The number of anilines is 1. The van der Waals surface area contributed by atoms with Gasteiger partial charge in [0.2, 0.25) is 6.79 Å². The lowest BCUT2D eigenvalue weighted by Gasteiger charge is -2.14. The summed E-state index contributed by atoms with van der Waals surface area (Å²) in [6.07, 6.45) is 0. The van der Waals surface area contributed by atoms with E-state index >= 15 is 0 Å². The van der Waals surface area contributed by atoms with Crippen molar-refractivity contribution in [3.8, 4) is 23.0 Å². The Morgan fingerprint density at radius 3 is 2.35 bits per heavy atom. The van der Waals surface area contributed by atoms with Gasteiger partial charge in [-0.05, 0) is 18.2 Å². The average Bonchev–Trinajstić information content (AvgIpc) is 3.14. The molecule has 1 aliphatic heterocycles. The molecular formula is C18H17NO7. The third kappa shape index (κ3) is 3.21. The Hall–Kier alpha value is -3.42. The molecule has 0 saturated heterocycles. The molecule has 2 aromatic rings. The summed E-state index contributed by atoms with van der Waals surface area (Å²) in [6, 6.07) is 7.75. The maximum absolute atomic E-state index is 12.6. The molecule has 3 rings (SSSR count). The summed E-state index contributed by atoms with van der Waals surface area (Å²) in [7, 11) is 4.16. The molecule has 1 N–H and O–H groups in total. The number of ether oxygens (including phenoxy) is 5. The largest absolute Gasteiger partial charge is 0.493 e. The SMILES string of the molecule is COC(=O)c1cc(OC)c(OC)cc1NC(=O)c1ccc2c(c1)OCO2. The molecule has 0 fully saturated rings. The summed E-state index contributed by atoms with van der Waals surface area (Å²) in [5, 5.41) is 2.69. The number of fused-ring (bicyclic) bond motifs is 1. The lowest BCUT2D eigenvalue weighted by atomic mass is 10.1. The maximum atomic E-state index is 12.6. The summed E-state index contributed by atoms with van der Waals surface area (Å²) in [5.41, 5.74) is 0.719. The Balaban J connectivity index is 1.94. The van der Waals surface area contributed by atoms with Crippen LogP contribution in [0.4, 0.5) is 5.69 Å². The Kier molecular flexibility index (Phi) is 4.83. The molecule has 0 saturated carbocycles. The van der Waals surface area contributed by atoms with Gasteiger partial charge in [0.1, 0.15) is 0 Å². The van der Waals surface area contributed by atoms with E-state index in [0.717, 1.165) is 0 Å². The summed E-state index contributed by atoms with van der Waals surface area (Å²) >= 11 is 0. The first-order valence-corrected chi connectivity index (χ1v) is 7.62. The van der Waals surface area contributed by atoms with E-state index in [1.165, 1.54) is 33.5 Å². The summed E-state index contributed by atoms with van der Waals surface area (Å²) < 4.78 is 25.7. The van der Waals surface area contributed by atoms with Crippen LogP contribution >= 0.6 is 0 Å². The van der Waals surface area contributed by atoms with Gasteiger partial charge in [0, 0.05) is 17.7 Å². The molecule has 8 heteroatoms. The molecular weight excluding hydrogens is 342 g/mol. The van der Waals surface area contributed by atoms with E-state index < -0.39 is 11.9 Å². The zero-order chi connectivity index (χ0) is 18.7. The van der Waals surface area contributed by atoms with Crippen LogP contribution in [0.1, 0.15) is 20.7 Å². The van der Waals surface area contributed by atoms with E-state index in [0.29, 0.717) is 28.6 Å². The van der Waals surface area contributed by atoms with Gasteiger partial charge in [-0.15, -0.1) is 0 Å². The van der Waals surface area contributed by atoms with Crippen molar-refractivity contribution in [2.75, 3.05) is 33.4 Å². The second-order valence-corrected chi connectivity index (χ2v) is 5.27. The Morgan fingerprint density at radius 2 is 1.65 bits per heavy atom. The van der Waals surface area contributed by atoms with Crippen molar-refractivity contribution in [1.29, 1.82) is 0 Å². The molecule has 0 bridgehead atoms. The predicted molar refractivity (Wildman–Crippen MR) is 91.4 cm³/mol. The fourth-order valence-corrected chi connectivity index (χ4v) is 2.49. The van der Waals surface area contributed by atoms with Crippen molar-refractivity contribution in [3.63, 3.8) is 0 Å². The number of nitrogens with one attached hydrogen (secondary N) is 1. The van der Waals surface area contributed by atoms with Gasteiger partial charge in [-0.25, -0.2) is 4.79 Å². The number of hydrogen-bond donors (Lipinski definition) is 1. The van der Waals surface area contributed by atoms with Gasteiger partial charge in [-0.2, -0.15) is 0 Å². The van der Waals surface area contributed by atoms with Crippen molar-refractivity contribution < 1.29 is 33.3 Å². The molecule has 136 valence electrons. The van der Waals surface area contributed by atoms with Gasteiger partial charge in [-0.3, -0.25) is 4.79 Å². The molecule has 1 heterocycles. The van der Waals surface area contributed by atoms with Gasteiger partial charge < -0.3 is 29.0 Å². The number of esters is 1. The van der Waals surface area contributed by atoms with Crippen LogP contribution < -0.4 is 24.3 Å². The van der Waals surface area contributed by atoms with Crippen LogP contribution in [-0.4, -0.2) is 40.0 Å². The summed E-state index contributed by atoms with van der Waals surface area (Å²) in [5.74, 6) is 0.712. The van der Waals surface area contributed by atoms with Crippen molar-refractivity contribution in [1.82, 2.24) is 0 Å². The first kappa shape index (κ1) is 17.4. The van der Waals surface area contributed by atoms with Crippen LogP contribution in [-0.2, 0) is 4.74 Å². The van der Waals surface area contributed by atoms with Crippen LogP contribution in [0, 0.1) is 0 Å². The maximum Gasteiger partial charge on any atom is 0.340 e. The third-order valence-corrected chi connectivity index (χ3v) is 3.81. The highest BCUT2D eigenvalue weighted by Gasteiger charge is 2.21. The smallest absolute Gasteiger partial charge is 0.340 e. The number of methoxy groups -OCH3 is 3. The molecule has 0 unspecified atom stereocenters.